The zero-order valence-corrected chi connectivity index (χ0v) is 47.9. The van der Waals surface area contributed by atoms with E-state index < -0.39 is 57.9 Å². The molecule has 2 unspecified atom stereocenters. The molecule has 6 aromatic rings. The molecule has 0 radical (unpaired) electrons. The van der Waals surface area contributed by atoms with E-state index >= 15 is 0 Å². The van der Waals surface area contributed by atoms with Crippen LogP contribution in [0.25, 0.3) is 21.8 Å². The number of likely N-dealkylation sites (tertiary alicyclic amines) is 2. The Morgan fingerprint density at radius 3 is 1.43 bits per heavy atom. The van der Waals surface area contributed by atoms with Crippen LogP contribution in [0.15, 0.2) is 79.1 Å². The van der Waals surface area contributed by atoms with E-state index in [1.54, 1.807) is 14.2 Å². The van der Waals surface area contributed by atoms with Crippen LogP contribution in [0, 0.1) is 39.9 Å². The standard InChI is InChI=1S/C64H79F5N6O8/c1-78-49-7-9-57-54(38-49)52(44(40-70-57)42-74-21-27-80-28-22-74)5-3-11-63(13-17-72(18-14-63)25-31-82-51-34-46(65)33-47(66)35-51)61(76)62(77)64(15-19-73(20-16-64)26-32-83-59-37-48(67)36-56(68)60(59)69)12-4-6-53-45(43-75-23-29-81-30-24-75)41-71-58-10-8-50(79-2)39-55(53)58/h7-10,33-41,61-62,76-77H,3-6,11-32,42-43H2,1-2H3. The Labute approximate surface area is 483 Å². The quantitative estimate of drug-likeness (QED) is 0.0416. The van der Waals surface area contributed by atoms with E-state index in [1.807, 2.05) is 36.7 Å². The van der Waals surface area contributed by atoms with Crippen LogP contribution in [-0.2, 0) is 35.4 Å². The SMILES string of the molecule is COc1ccc2ncc(CN3CCOCC3)c(CCCC3(C(O)C(O)C4(CCCc5c(CN6CCOCC6)cnc6ccc(OC)cc56)CCN(CCOc5cc(F)cc(F)c5F)CC4)CCN(CCOc4cc(F)cc(F)c4)CC3)c2c1. The van der Waals surface area contributed by atoms with E-state index in [1.165, 1.54) is 23.3 Å². The molecule has 2 aromatic heterocycles. The molecule has 19 heteroatoms. The van der Waals surface area contributed by atoms with Crippen LogP contribution in [0.2, 0.25) is 0 Å². The van der Waals surface area contributed by atoms with Crippen molar-refractivity contribution in [2.75, 3.05) is 119 Å². The first-order chi connectivity index (χ1) is 40.3. The molecule has 4 fully saturated rings. The molecule has 0 aliphatic carbocycles. The number of halogens is 5. The normalized spacial score (nSPS) is 19.0. The summed E-state index contributed by atoms with van der Waals surface area (Å²) >= 11 is 0. The average Bonchev–Trinajstić information content (AvgIpc) is 3.52. The maximum absolute atomic E-state index is 14.6. The Morgan fingerprint density at radius 1 is 0.530 bits per heavy atom. The van der Waals surface area contributed by atoms with Crippen LogP contribution in [0.1, 0.15) is 73.6 Å². The zero-order valence-electron chi connectivity index (χ0n) is 47.9. The Balaban J connectivity index is 0.929. The molecule has 10 rings (SSSR count). The number of aliphatic hydroxyl groups is 2. The number of rotatable bonds is 25. The van der Waals surface area contributed by atoms with Crippen LogP contribution in [0.5, 0.6) is 23.0 Å². The highest BCUT2D eigenvalue weighted by Gasteiger charge is 2.51. The predicted octanol–water partition coefficient (Wildman–Crippen LogP) is 9.55. The lowest BCUT2D eigenvalue weighted by molar-refractivity contribution is -0.153. The third-order valence-corrected chi connectivity index (χ3v) is 18.1. The minimum Gasteiger partial charge on any atom is -0.497 e. The molecular weight excluding hydrogens is 1080 g/mol. The van der Waals surface area contributed by atoms with Gasteiger partial charge in [-0.25, -0.2) is 17.6 Å². The number of ether oxygens (including phenoxy) is 6. The maximum Gasteiger partial charge on any atom is 0.200 e. The van der Waals surface area contributed by atoms with Gasteiger partial charge in [-0.2, -0.15) is 4.39 Å². The van der Waals surface area contributed by atoms with Crippen molar-refractivity contribution in [2.45, 2.75) is 89.5 Å². The molecule has 4 aliphatic rings. The van der Waals surface area contributed by atoms with Crippen molar-refractivity contribution in [3.05, 3.63) is 130 Å². The predicted molar refractivity (Wildman–Crippen MR) is 307 cm³/mol. The van der Waals surface area contributed by atoms with Crippen molar-refractivity contribution in [1.82, 2.24) is 29.6 Å². The molecular formula is C64H79F5N6O8. The number of piperidine rings is 2. The molecule has 4 aliphatic heterocycles. The number of aliphatic hydroxyl groups excluding tert-OH is 2. The fourth-order valence-electron chi connectivity index (χ4n) is 13.2. The summed E-state index contributed by atoms with van der Waals surface area (Å²) in [6.45, 7) is 10.6. The number of hydrogen-bond donors (Lipinski definition) is 2. The smallest absolute Gasteiger partial charge is 0.200 e. The molecule has 2 N–H and O–H groups in total. The minimum atomic E-state index is -1.32. The van der Waals surface area contributed by atoms with E-state index in [0.29, 0.717) is 149 Å². The van der Waals surface area contributed by atoms with Crippen LogP contribution < -0.4 is 18.9 Å². The molecule has 448 valence electrons. The van der Waals surface area contributed by atoms with Crippen LogP contribution in [-0.4, -0.2) is 171 Å². The second-order valence-electron chi connectivity index (χ2n) is 23.1. The Kier molecular flexibility index (Phi) is 20.3. The van der Waals surface area contributed by atoms with Crippen molar-refractivity contribution in [3.8, 4) is 23.0 Å². The number of aryl methyl sites for hydroxylation is 2. The second-order valence-corrected chi connectivity index (χ2v) is 23.1. The Hall–Kier alpha value is -5.77. The van der Waals surface area contributed by atoms with Crippen LogP contribution >= 0.6 is 0 Å². The second kappa shape index (κ2) is 28.0. The van der Waals surface area contributed by atoms with Gasteiger partial charge >= 0.3 is 0 Å². The molecule has 14 nitrogen and oxygen atoms in total. The lowest BCUT2D eigenvalue weighted by atomic mass is 9.61. The van der Waals surface area contributed by atoms with E-state index in [0.717, 1.165) is 82.7 Å². The number of methoxy groups -OCH3 is 2. The molecule has 2 atom stereocenters. The summed E-state index contributed by atoms with van der Waals surface area (Å²) in [4.78, 5) is 19.0. The summed E-state index contributed by atoms with van der Waals surface area (Å²) in [5, 5.41) is 28.7. The molecule has 6 heterocycles. The summed E-state index contributed by atoms with van der Waals surface area (Å²) in [7, 11) is 3.32. The van der Waals surface area contributed by atoms with Gasteiger partial charge in [0.05, 0.1) is 63.9 Å². The topological polar surface area (TPSA) is 135 Å². The van der Waals surface area contributed by atoms with E-state index in [9.17, 15) is 32.2 Å². The number of fused-ring (bicyclic) bond motifs is 2. The van der Waals surface area contributed by atoms with Gasteiger partial charge in [-0.15, -0.1) is 0 Å². The molecule has 0 bridgehead atoms. The first kappa shape index (κ1) is 60.4. The first-order valence-electron chi connectivity index (χ1n) is 29.5. The van der Waals surface area contributed by atoms with Gasteiger partial charge in [0, 0.05) is 117 Å². The summed E-state index contributed by atoms with van der Waals surface area (Å²) in [5.74, 6) is -3.82. The number of aromatic nitrogens is 2. The van der Waals surface area contributed by atoms with Gasteiger partial charge in [0.15, 0.2) is 11.6 Å². The van der Waals surface area contributed by atoms with E-state index in [-0.39, 0.29) is 19.0 Å². The molecule has 4 aromatic carbocycles. The van der Waals surface area contributed by atoms with Crippen molar-refractivity contribution < 1.29 is 60.6 Å². The third-order valence-electron chi connectivity index (χ3n) is 18.1. The molecule has 83 heavy (non-hydrogen) atoms. The average molecular weight is 1160 g/mol. The summed E-state index contributed by atoms with van der Waals surface area (Å²) in [6, 6.07) is 16.4. The van der Waals surface area contributed by atoms with Gasteiger partial charge in [0.25, 0.3) is 0 Å². The van der Waals surface area contributed by atoms with Gasteiger partial charge in [0.2, 0.25) is 5.82 Å². The van der Waals surface area contributed by atoms with Gasteiger partial charge in [0.1, 0.15) is 47.9 Å². The highest BCUT2D eigenvalue weighted by Crippen LogP contribution is 2.49. The van der Waals surface area contributed by atoms with Gasteiger partial charge in [-0.05, 0) is 149 Å². The van der Waals surface area contributed by atoms with Gasteiger partial charge in [-0.3, -0.25) is 29.6 Å². The fraction of sp³-hybridized carbons (Fsp3) is 0.531. The summed E-state index contributed by atoms with van der Waals surface area (Å²) in [5.41, 5.74) is 4.90. The number of benzene rings is 4. The van der Waals surface area contributed by atoms with Crippen LogP contribution in [0.4, 0.5) is 22.0 Å². The fourth-order valence-corrected chi connectivity index (χ4v) is 13.2. The summed E-state index contributed by atoms with van der Waals surface area (Å²) < 4.78 is 105. The molecule has 0 amide bonds. The highest BCUT2D eigenvalue weighted by atomic mass is 19.2. The van der Waals surface area contributed by atoms with Gasteiger partial charge < -0.3 is 38.6 Å². The lowest BCUT2D eigenvalue weighted by Gasteiger charge is -2.52. The monoisotopic (exact) mass is 1150 g/mol. The first-order valence-corrected chi connectivity index (χ1v) is 29.5. The van der Waals surface area contributed by atoms with E-state index in [2.05, 4.69) is 31.7 Å². The van der Waals surface area contributed by atoms with Crippen LogP contribution in [0.3, 0.4) is 0 Å². The zero-order chi connectivity index (χ0) is 57.9. The number of nitrogens with zero attached hydrogens (tertiary/aromatic N) is 6. The van der Waals surface area contributed by atoms with Gasteiger partial charge in [-0.1, -0.05) is 0 Å². The lowest BCUT2D eigenvalue weighted by Crippen LogP contribution is -2.57. The van der Waals surface area contributed by atoms with Crippen molar-refractivity contribution >= 4 is 21.8 Å². The van der Waals surface area contributed by atoms with Crippen molar-refractivity contribution in [2.24, 2.45) is 10.8 Å². The molecule has 0 saturated carbocycles. The largest absolute Gasteiger partial charge is 0.497 e. The Bertz CT molecular complexity index is 3090. The van der Waals surface area contributed by atoms with E-state index in [4.69, 9.17) is 38.4 Å². The maximum atomic E-state index is 14.6. The minimum absolute atomic E-state index is 0.0139. The third kappa shape index (κ3) is 14.8. The number of morpholine rings is 2. The number of pyridine rings is 2. The molecule has 4 saturated heterocycles. The van der Waals surface area contributed by atoms with Crippen molar-refractivity contribution in [1.29, 1.82) is 0 Å². The summed E-state index contributed by atoms with van der Waals surface area (Å²) in [6.07, 6.45) is 7.98. The molecule has 0 spiro atoms. The highest BCUT2D eigenvalue weighted by molar-refractivity contribution is 5.85. The Morgan fingerprint density at radius 2 is 0.976 bits per heavy atom. The van der Waals surface area contributed by atoms with Crippen molar-refractivity contribution in [3.63, 3.8) is 0 Å². The number of hydrogen-bond acceptors (Lipinski definition) is 14.